The Morgan fingerprint density at radius 1 is 1.17 bits per heavy atom. The van der Waals surface area contributed by atoms with Crippen LogP contribution in [0.2, 0.25) is 0 Å². The Bertz CT molecular complexity index is 479. The summed E-state index contributed by atoms with van der Waals surface area (Å²) in [5.74, 6) is 0.597. The molecule has 2 amide bonds. The van der Waals surface area contributed by atoms with Crippen molar-refractivity contribution in [1.82, 2.24) is 5.06 Å². The van der Waals surface area contributed by atoms with Crippen LogP contribution in [0.4, 0.5) is 0 Å². The van der Waals surface area contributed by atoms with Crippen molar-refractivity contribution in [1.29, 1.82) is 0 Å². The second kappa shape index (κ2) is 8.34. The number of amides is 2. The van der Waals surface area contributed by atoms with Gasteiger partial charge in [-0.3, -0.25) is 9.59 Å². The highest BCUT2D eigenvalue weighted by molar-refractivity contribution is 7.99. The number of hydrogen-bond donors (Lipinski definition) is 0. The van der Waals surface area contributed by atoms with Crippen molar-refractivity contribution in [2.45, 2.75) is 64.9 Å². The van der Waals surface area contributed by atoms with Gasteiger partial charge in [0.05, 0.1) is 12.5 Å². The van der Waals surface area contributed by atoms with Crippen LogP contribution in [-0.2, 0) is 24.0 Å². The third kappa shape index (κ3) is 4.30. The van der Waals surface area contributed by atoms with Gasteiger partial charge in [0.25, 0.3) is 11.8 Å². The van der Waals surface area contributed by atoms with Crippen LogP contribution in [0.25, 0.3) is 0 Å². The molecule has 0 radical (unpaired) electrons. The molecule has 0 saturated carbocycles. The van der Waals surface area contributed by atoms with E-state index in [1.54, 1.807) is 11.8 Å². The maximum Gasteiger partial charge on any atom is 0.334 e. The molecule has 2 aliphatic rings. The van der Waals surface area contributed by atoms with Crippen molar-refractivity contribution in [3.05, 3.63) is 0 Å². The van der Waals surface area contributed by atoms with Gasteiger partial charge in [-0.05, 0) is 24.2 Å². The molecule has 7 heteroatoms. The molecule has 2 fully saturated rings. The zero-order valence-electron chi connectivity index (χ0n) is 14.8. The van der Waals surface area contributed by atoms with Gasteiger partial charge < -0.3 is 9.57 Å². The molecule has 0 bridgehead atoms. The lowest BCUT2D eigenvalue weighted by Gasteiger charge is -2.43. The van der Waals surface area contributed by atoms with Gasteiger partial charge in [-0.15, -0.1) is 16.8 Å². The molecule has 2 saturated heterocycles. The van der Waals surface area contributed by atoms with Crippen LogP contribution in [0, 0.1) is 17.8 Å². The number of hydroxylamine groups is 2. The Morgan fingerprint density at radius 2 is 1.79 bits per heavy atom. The van der Waals surface area contributed by atoms with E-state index in [1.807, 2.05) is 0 Å². The van der Waals surface area contributed by atoms with Gasteiger partial charge in [0, 0.05) is 18.6 Å². The van der Waals surface area contributed by atoms with E-state index in [0.717, 1.165) is 6.42 Å². The van der Waals surface area contributed by atoms with E-state index in [0.29, 0.717) is 28.6 Å². The molecular weight excluding hydrogens is 330 g/mol. The third-order valence-electron chi connectivity index (χ3n) is 5.17. The lowest BCUT2D eigenvalue weighted by atomic mass is 9.79. The number of ether oxygens (including phenoxy) is 1. The van der Waals surface area contributed by atoms with Gasteiger partial charge >= 0.3 is 5.97 Å². The SMILES string of the molecule is CCC1O[C@@H](SCCC(=O)ON2C(=O)CCC2=O)C(C)[C@@H](C)[C@@H]1C. The first-order valence-electron chi connectivity index (χ1n) is 8.68. The minimum atomic E-state index is -0.553. The molecule has 0 aromatic heterocycles. The molecule has 136 valence electrons. The fraction of sp³-hybridized carbons (Fsp3) is 0.824. The summed E-state index contributed by atoms with van der Waals surface area (Å²) in [4.78, 5) is 39.5. The number of thioether (sulfide) groups is 1. The van der Waals surface area contributed by atoms with E-state index in [4.69, 9.17) is 9.57 Å². The average Bonchev–Trinajstić information content (AvgIpc) is 2.86. The van der Waals surface area contributed by atoms with E-state index in [-0.39, 0.29) is 30.8 Å². The summed E-state index contributed by atoms with van der Waals surface area (Å²) in [5.41, 5.74) is 0.0593. The summed E-state index contributed by atoms with van der Waals surface area (Å²) in [6.07, 6.45) is 1.61. The monoisotopic (exact) mass is 357 g/mol. The molecule has 6 nitrogen and oxygen atoms in total. The van der Waals surface area contributed by atoms with Crippen molar-refractivity contribution < 1.29 is 24.0 Å². The number of hydrogen-bond acceptors (Lipinski definition) is 6. The van der Waals surface area contributed by atoms with Gasteiger partial charge in [0.2, 0.25) is 0 Å². The van der Waals surface area contributed by atoms with Gasteiger partial charge in [-0.2, -0.15) is 0 Å². The first-order chi connectivity index (χ1) is 11.3. The highest BCUT2D eigenvalue weighted by atomic mass is 32.2. The molecule has 2 heterocycles. The molecular formula is C17H27NO5S. The lowest BCUT2D eigenvalue weighted by Crippen LogP contribution is -2.43. The molecule has 24 heavy (non-hydrogen) atoms. The van der Waals surface area contributed by atoms with Crippen molar-refractivity contribution in [2.24, 2.45) is 17.8 Å². The first kappa shape index (κ1) is 19.2. The Balaban J connectivity index is 1.77. The minimum Gasteiger partial charge on any atom is -0.364 e. The highest BCUT2D eigenvalue weighted by Gasteiger charge is 2.38. The predicted octanol–water partition coefficient (Wildman–Crippen LogP) is 2.76. The van der Waals surface area contributed by atoms with Crippen LogP contribution in [0.1, 0.15) is 53.4 Å². The molecule has 0 spiro atoms. The Kier molecular flexibility index (Phi) is 6.69. The van der Waals surface area contributed by atoms with Crippen LogP contribution in [-0.4, -0.2) is 40.1 Å². The number of carbonyl (C=O) groups is 3. The van der Waals surface area contributed by atoms with Crippen molar-refractivity contribution >= 4 is 29.5 Å². The van der Waals surface area contributed by atoms with Gasteiger partial charge in [-0.25, -0.2) is 4.79 Å². The van der Waals surface area contributed by atoms with E-state index in [9.17, 15) is 14.4 Å². The molecule has 0 aromatic rings. The van der Waals surface area contributed by atoms with E-state index >= 15 is 0 Å². The Morgan fingerprint density at radius 3 is 2.38 bits per heavy atom. The second-order valence-corrected chi connectivity index (χ2v) is 7.90. The summed E-state index contributed by atoms with van der Waals surface area (Å²) in [5, 5.41) is 0.601. The van der Waals surface area contributed by atoms with Gasteiger partial charge in [0.15, 0.2) is 0 Å². The fourth-order valence-corrected chi connectivity index (χ4v) is 4.50. The van der Waals surface area contributed by atoms with E-state index < -0.39 is 17.8 Å². The van der Waals surface area contributed by atoms with Crippen LogP contribution >= 0.6 is 11.8 Å². The average molecular weight is 357 g/mol. The van der Waals surface area contributed by atoms with Crippen LogP contribution in [0.3, 0.4) is 0 Å². The second-order valence-electron chi connectivity index (χ2n) is 6.69. The molecule has 2 unspecified atom stereocenters. The molecule has 5 atom stereocenters. The van der Waals surface area contributed by atoms with Crippen molar-refractivity contribution in [3.8, 4) is 0 Å². The summed E-state index contributed by atoms with van der Waals surface area (Å²) in [6, 6.07) is 0. The lowest BCUT2D eigenvalue weighted by molar-refractivity contribution is -0.197. The summed E-state index contributed by atoms with van der Waals surface area (Å²) in [6.45, 7) is 8.81. The van der Waals surface area contributed by atoms with Crippen molar-refractivity contribution in [2.75, 3.05) is 5.75 Å². The number of rotatable bonds is 6. The maximum absolute atomic E-state index is 11.8. The predicted molar refractivity (Wildman–Crippen MR) is 90.7 cm³/mol. The number of imide groups is 1. The standard InChI is InChI=1S/C17H27NO5S/c1-5-13-11(3)10(2)12(4)17(22-13)24-9-8-16(21)23-18-14(19)6-7-15(18)20/h10-13,17H,5-9H2,1-4H3/t10-,11-,12?,13?,17-/m0/s1. The molecule has 0 N–H and O–H groups in total. The zero-order chi connectivity index (χ0) is 17.9. The maximum atomic E-state index is 11.8. The molecule has 2 rings (SSSR count). The third-order valence-corrected chi connectivity index (χ3v) is 6.48. The molecule has 2 aliphatic heterocycles. The van der Waals surface area contributed by atoms with Crippen molar-refractivity contribution in [3.63, 3.8) is 0 Å². The normalized spacial score (nSPS) is 33.8. The van der Waals surface area contributed by atoms with Crippen LogP contribution in [0.15, 0.2) is 0 Å². The van der Waals surface area contributed by atoms with Gasteiger partial charge in [-0.1, -0.05) is 27.7 Å². The van der Waals surface area contributed by atoms with Gasteiger partial charge in [0.1, 0.15) is 5.44 Å². The van der Waals surface area contributed by atoms with Crippen LogP contribution in [0.5, 0.6) is 0 Å². The smallest absolute Gasteiger partial charge is 0.334 e. The summed E-state index contributed by atoms with van der Waals surface area (Å²) in [7, 11) is 0. The zero-order valence-corrected chi connectivity index (χ0v) is 15.6. The minimum absolute atomic E-state index is 0.0593. The Hall–Kier alpha value is -1.08. The largest absolute Gasteiger partial charge is 0.364 e. The molecule has 0 aliphatic carbocycles. The van der Waals surface area contributed by atoms with Crippen LogP contribution < -0.4 is 0 Å². The fourth-order valence-electron chi connectivity index (χ4n) is 3.21. The molecule has 0 aromatic carbocycles. The summed E-state index contributed by atoms with van der Waals surface area (Å²) >= 11 is 1.61. The Labute approximate surface area is 147 Å². The van der Waals surface area contributed by atoms with E-state index in [2.05, 4.69) is 27.7 Å². The summed E-state index contributed by atoms with van der Waals surface area (Å²) < 4.78 is 6.17. The topological polar surface area (TPSA) is 72.9 Å². The highest BCUT2D eigenvalue weighted by Crippen LogP contribution is 2.40. The van der Waals surface area contributed by atoms with E-state index in [1.165, 1.54) is 0 Å². The number of nitrogens with zero attached hydrogens (tertiary/aromatic N) is 1. The number of carbonyl (C=O) groups excluding carboxylic acids is 3. The first-order valence-corrected chi connectivity index (χ1v) is 9.73. The quantitative estimate of drug-likeness (QED) is 0.681.